The van der Waals surface area contributed by atoms with E-state index in [0.29, 0.717) is 18.7 Å². The van der Waals surface area contributed by atoms with Gasteiger partial charge in [0.1, 0.15) is 24.7 Å². The molecule has 3 heterocycles. The summed E-state index contributed by atoms with van der Waals surface area (Å²) in [5.74, 6) is 1.70. The zero-order valence-electron chi connectivity index (χ0n) is 23.8. The second-order valence-electron chi connectivity index (χ2n) is 10.9. The molecule has 4 aromatic rings. The van der Waals surface area contributed by atoms with Crippen LogP contribution in [-0.2, 0) is 28.4 Å². The van der Waals surface area contributed by atoms with E-state index in [4.69, 9.17) is 23.9 Å². The van der Waals surface area contributed by atoms with Crippen molar-refractivity contribution in [1.82, 2.24) is 4.90 Å². The number of thioether (sulfide) groups is 1. The van der Waals surface area contributed by atoms with Gasteiger partial charge in [0.25, 0.3) is 0 Å². The number of carbonyl (C=O) groups is 1. The molecule has 7 rings (SSSR count). The molecule has 2 bridgehead atoms. The van der Waals surface area contributed by atoms with Gasteiger partial charge in [-0.2, -0.15) is 0 Å². The van der Waals surface area contributed by atoms with Crippen LogP contribution < -0.4 is 9.47 Å². The first-order chi connectivity index (χ1) is 21.1. The Morgan fingerprint density at radius 3 is 2.51 bits per heavy atom. The van der Waals surface area contributed by atoms with Crippen molar-refractivity contribution in [1.29, 1.82) is 0 Å². The van der Waals surface area contributed by atoms with Crippen LogP contribution in [0.5, 0.6) is 11.5 Å². The third-order valence-corrected chi connectivity index (χ3v) is 9.35. The fourth-order valence-electron chi connectivity index (χ4n) is 6.09. The third-order valence-electron chi connectivity index (χ3n) is 8.31. The molecule has 4 aromatic carbocycles. The quantitative estimate of drug-likeness (QED) is 0.213. The van der Waals surface area contributed by atoms with Crippen molar-refractivity contribution < 1.29 is 23.7 Å². The first kappa shape index (κ1) is 27.6. The summed E-state index contributed by atoms with van der Waals surface area (Å²) in [6, 6.07) is 33.4. The van der Waals surface area contributed by atoms with Crippen LogP contribution in [0.15, 0.2) is 108 Å². The number of ether oxygens (including phenoxy) is 4. The molecule has 0 saturated carbocycles. The summed E-state index contributed by atoms with van der Waals surface area (Å²) in [6.07, 6.45) is 0. The van der Waals surface area contributed by atoms with Crippen molar-refractivity contribution in [2.45, 2.75) is 30.7 Å². The summed E-state index contributed by atoms with van der Waals surface area (Å²) in [4.78, 5) is 20.8. The van der Waals surface area contributed by atoms with Crippen LogP contribution in [0.1, 0.15) is 38.7 Å². The minimum Gasteiger partial charge on any atom is -0.497 e. The maximum Gasteiger partial charge on any atom is 0.338 e. The van der Waals surface area contributed by atoms with E-state index in [0.717, 1.165) is 33.5 Å². The lowest BCUT2D eigenvalue weighted by Gasteiger charge is -2.53. The Morgan fingerprint density at radius 1 is 0.953 bits per heavy atom. The van der Waals surface area contributed by atoms with Crippen LogP contribution >= 0.6 is 11.8 Å². The fourth-order valence-corrected chi connectivity index (χ4v) is 7.22. The number of benzene rings is 4. The Morgan fingerprint density at radius 2 is 1.70 bits per heavy atom. The highest BCUT2D eigenvalue weighted by molar-refractivity contribution is 8.13. The average molecular weight is 593 g/mol. The van der Waals surface area contributed by atoms with Gasteiger partial charge < -0.3 is 23.8 Å². The number of methoxy groups -OCH3 is 1. The molecule has 0 aromatic heterocycles. The zero-order valence-corrected chi connectivity index (χ0v) is 24.7. The predicted octanol–water partition coefficient (Wildman–Crippen LogP) is 6.63. The molecule has 3 aliphatic heterocycles. The van der Waals surface area contributed by atoms with Crippen molar-refractivity contribution in [3.63, 3.8) is 0 Å². The molecule has 0 N–H and O–H groups in total. The van der Waals surface area contributed by atoms with Gasteiger partial charge in [0, 0.05) is 17.9 Å². The molecular weight excluding hydrogens is 560 g/mol. The van der Waals surface area contributed by atoms with E-state index in [1.54, 1.807) is 31.0 Å². The summed E-state index contributed by atoms with van der Waals surface area (Å²) in [6.45, 7) is 1.40. The maximum absolute atomic E-state index is 13.2. The average Bonchev–Trinajstić information content (AvgIpc) is 3.23. The van der Waals surface area contributed by atoms with E-state index >= 15 is 0 Å². The van der Waals surface area contributed by atoms with Gasteiger partial charge in [-0.05, 0) is 47.0 Å². The van der Waals surface area contributed by atoms with Gasteiger partial charge in [0.05, 0.1) is 31.2 Å². The van der Waals surface area contributed by atoms with Crippen LogP contribution in [0.4, 0.5) is 0 Å². The molecule has 3 atom stereocenters. The van der Waals surface area contributed by atoms with E-state index in [1.165, 1.54) is 11.1 Å². The SMILES string of the molecule is COc1ccc(COCC23N=C4SCc5ccccc5CN4[C@H](c4ccccc4O2)[C@H]3COC(=O)c2ccccc2)cc1. The Kier molecular flexibility index (Phi) is 7.55. The van der Waals surface area contributed by atoms with Gasteiger partial charge in [-0.15, -0.1) is 0 Å². The van der Waals surface area contributed by atoms with E-state index in [2.05, 4.69) is 35.2 Å². The summed E-state index contributed by atoms with van der Waals surface area (Å²) < 4.78 is 24.5. The number of para-hydroxylation sites is 1. The van der Waals surface area contributed by atoms with Gasteiger partial charge in [0.15, 0.2) is 5.17 Å². The Labute approximate surface area is 255 Å². The highest BCUT2D eigenvalue weighted by Gasteiger charge is 2.57. The summed E-state index contributed by atoms with van der Waals surface area (Å²) in [7, 11) is 1.65. The Hall–Kier alpha value is -4.27. The zero-order chi connectivity index (χ0) is 29.2. The van der Waals surface area contributed by atoms with Gasteiger partial charge in [-0.3, -0.25) is 0 Å². The lowest BCUT2D eigenvalue weighted by molar-refractivity contribution is -0.120. The minimum absolute atomic E-state index is 0.123. The Balaban J connectivity index is 1.26. The van der Waals surface area contributed by atoms with Crippen molar-refractivity contribution in [2.24, 2.45) is 10.9 Å². The largest absolute Gasteiger partial charge is 0.497 e. The van der Waals surface area contributed by atoms with Crippen LogP contribution in [-0.4, -0.2) is 42.1 Å². The number of hydrogen-bond donors (Lipinski definition) is 0. The number of nitrogens with zero attached hydrogens (tertiary/aromatic N) is 2. The number of rotatable bonds is 8. The summed E-state index contributed by atoms with van der Waals surface area (Å²) in [5.41, 5.74) is 4.07. The molecule has 7 nitrogen and oxygen atoms in total. The van der Waals surface area contributed by atoms with Crippen molar-refractivity contribution in [3.05, 3.63) is 131 Å². The smallest absolute Gasteiger partial charge is 0.338 e. The number of hydrogen-bond acceptors (Lipinski definition) is 8. The lowest BCUT2D eigenvalue weighted by Crippen LogP contribution is -2.61. The van der Waals surface area contributed by atoms with Crippen LogP contribution in [0.2, 0.25) is 0 Å². The summed E-state index contributed by atoms with van der Waals surface area (Å²) >= 11 is 1.72. The molecule has 1 unspecified atom stereocenters. The molecule has 43 heavy (non-hydrogen) atoms. The van der Waals surface area contributed by atoms with Crippen LogP contribution in [0.25, 0.3) is 0 Å². The maximum atomic E-state index is 13.2. The standard InChI is InChI=1S/C35H32N2O5S/c1-39-28-17-15-24(16-18-28)20-40-23-35-30(21-41-33(38)25-9-3-2-4-10-25)32(29-13-7-8-14-31(29)42-35)37-19-26-11-5-6-12-27(26)22-43-34(37)36-35/h2-18,30,32H,19-23H2,1H3/t30-,32-,35?/m1/s1. The molecule has 8 heteroatoms. The lowest BCUT2D eigenvalue weighted by atomic mass is 9.80. The second kappa shape index (κ2) is 11.8. The molecule has 0 aliphatic carbocycles. The van der Waals surface area contributed by atoms with Crippen LogP contribution in [0.3, 0.4) is 0 Å². The number of fused-ring (bicyclic) bond motifs is 7. The predicted molar refractivity (Wildman–Crippen MR) is 166 cm³/mol. The second-order valence-corrected chi connectivity index (χ2v) is 11.9. The summed E-state index contributed by atoms with van der Waals surface area (Å²) in [5, 5.41) is 0.911. The monoisotopic (exact) mass is 592 g/mol. The van der Waals surface area contributed by atoms with Gasteiger partial charge in [-0.25, -0.2) is 9.79 Å². The first-order valence-electron chi connectivity index (χ1n) is 14.4. The van der Waals surface area contributed by atoms with E-state index in [1.807, 2.05) is 60.7 Å². The third kappa shape index (κ3) is 5.37. The molecule has 0 spiro atoms. The number of amidine groups is 1. The molecule has 0 amide bonds. The Bertz CT molecular complexity index is 1640. The topological polar surface area (TPSA) is 69.6 Å². The van der Waals surface area contributed by atoms with E-state index < -0.39 is 5.72 Å². The fraction of sp³-hybridized carbons (Fsp3) is 0.257. The number of aliphatic imine (C=N–C) groups is 1. The van der Waals surface area contributed by atoms with Crippen molar-refractivity contribution >= 4 is 22.9 Å². The minimum atomic E-state index is -1.09. The highest BCUT2D eigenvalue weighted by atomic mass is 32.2. The normalized spacial score (nSPS) is 21.7. The first-order valence-corrected chi connectivity index (χ1v) is 15.4. The van der Waals surface area contributed by atoms with Gasteiger partial charge in [-0.1, -0.05) is 84.6 Å². The van der Waals surface area contributed by atoms with Crippen molar-refractivity contribution in [2.75, 3.05) is 20.3 Å². The van der Waals surface area contributed by atoms with E-state index in [9.17, 15) is 4.79 Å². The van der Waals surface area contributed by atoms with Crippen molar-refractivity contribution in [3.8, 4) is 11.5 Å². The van der Waals surface area contributed by atoms with Gasteiger partial charge >= 0.3 is 5.97 Å². The molecule has 3 aliphatic rings. The highest BCUT2D eigenvalue weighted by Crippen LogP contribution is 2.53. The van der Waals surface area contributed by atoms with Gasteiger partial charge in [0.2, 0.25) is 5.72 Å². The number of esters is 1. The molecule has 218 valence electrons. The van der Waals surface area contributed by atoms with Crippen LogP contribution in [0, 0.1) is 5.92 Å². The molecule has 0 fully saturated rings. The van der Waals surface area contributed by atoms with E-state index in [-0.39, 0.29) is 31.1 Å². The number of carbonyl (C=O) groups excluding carboxylic acids is 1. The molecule has 0 saturated heterocycles. The molecule has 0 radical (unpaired) electrons. The molecular formula is C35H32N2O5S.